The van der Waals surface area contributed by atoms with E-state index in [-0.39, 0.29) is 4.75 Å². The molecule has 0 fully saturated rings. The molecule has 0 aliphatic carbocycles. The Bertz CT molecular complexity index is 163. The fraction of sp³-hybridized carbons (Fsp3) is 0.714. The lowest BCUT2D eigenvalue weighted by Gasteiger charge is -2.31. The van der Waals surface area contributed by atoms with Gasteiger partial charge in [-0.15, -0.1) is 0 Å². The van der Waals surface area contributed by atoms with Crippen LogP contribution in [0.25, 0.3) is 0 Å². The van der Waals surface area contributed by atoms with Crippen molar-refractivity contribution in [3.8, 4) is 0 Å². The lowest BCUT2D eigenvalue weighted by Crippen LogP contribution is -2.24. The first kappa shape index (κ1) is 8.50. The lowest BCUT2D eigenvalue weighted by atomic mass is 10.1. The molecule has 0 saturated carbocycles. The minimum absolute atomic E-state index is 0.226. The van der Waals surface area contributed by atoms with Gasteiger partial charge in [-0.1, -0.05) is 36.4 Å². The molecule has 0 saturated heterocycles. The summed E-state index contributed by atoms with van der Waals surface area (Å²) in [6.07, 6.45) is 2.30. The maximum Gasteiger partial charge on any atom is 0.0440 e. The number of hydrogen-bond donors (Lipinski definition) is 1. The van der Waals surface area contributed by atoms with Crippen LogP contribution in [0.3, 0.4) is 0 Å². The van der Waals surface area contributed by atoms with Gasteiger partial charge in [-0.2, -0.15) is 3.71 Å². The molecular weight excluding hydrogens is 162 g/mol. The van der Waals surface area contributed by atoms with Crippen LogP contribution in [0.4, 0.5) is 0 Å². The predicted molar refractivity (Wildman–Crippen MR) is 51.1 cm³/mol. The number of hydrogen-bond acceptors (Lipinski definition) is 3. The van der Waals surface area contributed by atoms with Gasteiger partial charge in [0.1, 0.15) is 0 Å². The third kappa shape index (κ3) is 2.22. The minimum atomic E-state index is 0.226. The maximum atomic E-state index is 4.29. The van der Waals surface area contributed by atoms with Crippen molar-refractivity contribution in [3.05, 3.63) is 11.6 Å². The van der Waals surface area contributed by atoms with Crippen molar-refractivity contribution in [1.82, 2.24) is 3.71 Å². The second-order valence-electron chi connectivity index (χ2n) is 3.20. The highest BCUT2D eigenvalue weighted by molar-refractivity contribution is 8.06. The zero-order valence-corrected chi connectivity index (χ0v) is 8.30. The van der Waals surface area contributed by atoms with Gasteiger partial charge in [0.15, 0.2) is 0 Å². The summed E-state index contributed by atoms with van der Waals surface area (Å²) in [7, 11) is 0. The summed E-state index contributed by atoms with van der Waals surface area (Å²) in [6, 6.07) is 0. The van der Waals surface area contributed by atoms with Crippen molar-refractivity contribution in [1.29, 1.82) is 0 Å². The molecule has 1 heterocycles. The average Bonchev–Trinajstić information content (AvgIpc) is 1.54. The Balaban J connectivity index is 2.74. The monoisotopic (exact) mass is 175 g/mol. The summed E-state index contributed by atoms with van der Waals surface area (Å²) >= 11 is 6.06. The van der Waals surface area contributed by atoms with Crippen molar-refractivity contribution in [2.45, 2.75) is 25.5 Å². The van der Waals surface area contributed by atoms with E-state index in [2.05, 4.69) is 39.7 Å². The molecule has 1 aliphatic rings. The lowest BCUT2D eigenvalue weighted by molar-refractivity contribution is 0.733. The van der Waals surface area contributed by atoms with E-state index in [1.165, 1.54) is 5.57 Å². The summed E-state index contributed by atoms with van der Waals surface area (Å²) in [5.41, 5.74) is 1.40. The van der Waals surface area contributed by atoms with E-state index in [1.54, 1.807) is 11.9 Å². The van der Waals surface area contributed by atoms with Gasteiger partial charge < -0.3 is 0 Å². The van der Waals surface area contributed by atoms with Crippen LogP contribution in [-0.4, -0.2) is 15.0 Å². The molecular formula is C7H13NS2. The van der Waals surface area contributed by atoms with E-state index in [0.29, 0.717) is 0 Å². The molecule has 0 N–H and O–H groups in total. The summed E-state index contributed by atoms with van der Waals surface area (Å²) in [5.74, 6) is 0. The molecule has 0 unspecified atom stereocenters. The molecule has 0 aromatic heterocycles. The van der Waals surface area contributed by atoms with Gasteiger partial charge in [0.2, 0.25) is 0 Å². The molecule has 3 heteroatoms. The summed E-state index contributed by atoms with van der Waals surface area (Å²) in [4.78, 5) is 0. The predicted octanol–water partition coefficient (Wildman–Crippen LogP) is 2.52. The molecule has 0 atom stereocenters. The quantitative estimate of drug-likeness (QED) is 0.342. The Morgan fingerprint density at radius 2 is 2.30 bits per heavy atom. The number of nitrogens with zero attached hydrogens (tertiary/aromatic N) is 1. The first-order chi connectivity index (χ1) is 4.49. The number of thiol groups is 1. The first-order valence-electron chi connectivity index (χ1n) is 3.33. The Labute approximate surface area is 72.5 Å². The Kier molecular flexibility index (Phi) is 2.38. The van der Waals surface area contributed by atoms with Gasteiger partial charge in [-0.25, -0.2) is 0 Å². The Hall–Kier alpha value is 0.400. The van der Waals surface area contributed by atoms with Gasteiger partial charge in [0.25, 0.3) is 0 Å². The molecule has 1 rings (SSSR count). The molecule has 1 nitrogen and oxygen atoms in total. The zero-order valence-electron chi connectivity index (χ0n) is 6.59. The molecule has 0 spiro atoms. The fourth-order valence-corrected chi connectivity index (χ4v) is 3.10. The SMILES string of the molecule is CC1=CC(C)(C)SN(S)C1. The van der Waals surface area contributed by atoms with Crippen molar-refractivity contribution in [3.63, 3.8) is 0 Å². The highest BCUT2D eigenvalue weighted by Gasteiger charge is 2.23. The second-order valence-corrected chi connectivity index (χ2v) is 5.62. The molecule has 0 amide bonds. The normalized spacial score (nSPS) is 26.2. The molecule has 0 radical (unpaired) electrons. The zero-order chi connectivity index (χ0) is 7.78. The van der Waals surface area contributed by atoms with E-state index in [9.17, 15) is 0 Å². The van der Waals surface area contributed by atoms with E-state index in [4.69, 9.17) is 0 Å². The highest BCUT2D eigenvalue weighted by atomic mass is 32.2. The largest absolute Gasteiger partial charge is 0.192 e. The van der Waals surface area contributed by atoms with Crippen LogP contribution in [-0.2, 0) is 0 Å². The van der Waals surface area contributed by atoms with Crippen molar-refractivity contribution in [2.24, 2.45) is 0 Å². The topological polar surface area (TPSA) is 3.24 Å². The van der Waals surface area contributed by atoms with Crippen LogP contribution in [0.2, 0.25) is 0 Å². The van der Waals surface area contributed by atoms with E-state index < -0.39 is 0 Å². The minimum Gasteiger partial charge on any atom is -0.192 e. The maximum absolute atomic E-state index is 4.29. The van der Waals surface area contributed by atoms with Gasteiger partial charge >= 0.3 is 0 Å². The molecule has 0 bridgehead atoms. The van der Waals surface area contributed by atoms with Crippen LogP contribution in [0, 0.1) is 0 Å². The second kappa shape index (κ2) is 2.80. The van der Waals surface area contributed by atoms with Gasteiger partial charge in [-0.3, -0.25) is 0 Å². The standard InChI is InChI=1S/C7H13NS2/c1-6-4-7(2,3)10-8(9)5-6/h4,9H,5H2,1-3H3. The van der Waals surface area contributed by atoms with Crippen LogP contribution < -0.4 is 0 Å². The Morgan fingerprint density at radius 1 is 1.70 bits per heavy atom. The van der Waals surface area contributed by atoms with Crippen LogP contribution in [0.15, 0.2) is 11.6 Å². The first-order valence-corrected chi connectivity index (χ1v) is 4.51. The number of rotatable bonds is 0. The third-order valence-corrected chi connectivity index (χ3v) is 2.63. The van der Waals surface area contributed by atoms with Crippen LogP contribution >= 0.6 is 24.8 Å². The molecule has 1 aliphatic heterocycles. The van der Waals surface area contributed by atoms with Gasteiger partial charge in [-0.05, 0) is 20.8 Å². The van der Waals surface area contributed by atoms with Crippen molar-refractivity contribution >= 4 is 24.8 Å². The summed E-state index contributed by atoms with van der Waals surface area (Å²) in [5, 5.41) is 0. The smallest absolute Gasteiger partial charge is 0.0440 e. The summed E-state index contributed by atoms with van der Waals surface area (Å²) < 4.78 is 2.21. The van der Waals surface area contributed by atoms with Crippen LogP contribution in [0.1, 0.15) is 20.8 Å². The van der Waals surface area contributed by atoms with Gasteiger partial charge in [0, 0.05) is 11.3 Å². The van der Waals surface area contributed by atoms with Crippen LogP contribution in [0.5, 0.6) is 0 Å². The van der Waals surface area contributed by atoms with E-state index in [1.807, 2.05) is 3.71 Å². The third-order valence-electron chi connectivity index (χ3n) is 1.32. The van der Waals surface area contributed by atoms with Crippen molar-refractivity contribution < 1.29 is 0 Å². The molecule has 58 valence electrons. The average molecular weight is 175 g/mol. The van der Waals surface area contributed by atoms with E-state index >= 15 is 0 Å². The molecule has 0 aromatic carbocycles. The highest BCUT2D eigenvalue weighted by Crippen LogP contribution is 2.35. The molecule has 10 heavy (non-hydrogen) atoms. The van der Waals surface area contributed by atoms with E-state index in [0.717, 1.165) is 6.54 Å². The molecule has 0 aromatic rings. The Morgan fingerprint density at radius 3 is 2.70 bits per heavy atom. The fourth-order valence-electron chi connectivity index (χ4n) is 1.18. The van der Waals surface area contributed by atoms with Gasteiger partial charge in [0.05, 0.1) is 0 Å². The van der Waals surface area contributed by atoms with Crippen molar-refractivity contribution in [2.75, 3.05) is 6.54 Å². The summed E-state index contributed by atoms with van der Waals surface area (Å²) in [6.45, 7) is 7.51.